The largest absolute Gasteiger partial charge is 0.497 e. The van der Waals surface area contributed by atoms with Crippen molar-refractivity contribution in [3.8, 4) is 16.3 Å². The van der Waals surface area contributed by atoms with Crippen LogP contribution in [0.4, 0.5) is 9.52 Å². The number of nitrogens with one attached hydrogen (secondary N) is 1. The summed E-state index contributed by atoms with van der Waals surface area (Å²) in [5.41, 5.74) is 0.916. The molecule has 9 heteroatoms. The molecule has 0 atom stereocenters. The molecule has 0 unspecified atom stereocenters. The van der Waals surface area contributed by atoms with Gasteiger partial charge in [0.05, 0.1) is 12.7 Å². The van der Waals surface area contributed by atoms with Crippen LogP contribution in [-0.2, 0) is 4.79 Å². The Morgan fingerprint density at radius 3 is 2.53 bits per heavy atom. The van der Waals surface area contributed by atoms with Crippen molar-refractivity contribution < 1.29 is 18.7 Å². The van der Waals surface area contributed by atoms with E-state index >= 15 is 0 Å². The Morgan fingerprint density at radius 2 is 1.82 bits per heavy atom. The number of benzene rings is 2. The van der Waals surface area contributed by atoms with E-state index in [1.165, 1.54) is 23.5 Å². The summed E-state index contributed by atoms with van der Waals surface area (Å²) in [7, 11) is 1.60. The molecule has 178 valence electrons. The van der Waals surface area contributed by atoms with Crippen molar-refractivity contribution in [3.63, 3.8) is 0 Å². The Hall–Kier alpha value is -3.33. The highest BCUT2D eigenvalue weighted by Crippen LogP contribution is 2.28. The highest BCUT2D eigenvalue weighted by molar-refractivity contribution is 7.18. The molecule has 0 bridgehead atoms. The predicted molar refractivity (Wildman–Crippen MR) is 129 cm³/mol. The Kier molecular flexibility index (Phi) is 7.84. The molecule has 1 aliphatic carbocycles. The second kappa shape index (κ2) is 11.2. The summed E-state index contributed by atoms with van der Waals surface area (Å²) in [5.74, 6) is -0.429. The first-order valence-corrected chi connectivity index (χ1v) is 12.2. The first-order chi connectivity index (χ1) is 16.5. The Labute approximate surface area is 202 Å². The lowest BCUT2D eigenvalue weighted by molar-refractivity contribution is -0.116. The molecule has 7 nitrogen and oxygen atoms in total. The molecule has 0 aliphatic heterocycles. The van der Waals surface area contributed by atoms with Crippen molar-refractivity contribution in [1.29, 1.82) is 0 Å². The van der Waals surface area contributed by atoms with Gasteiger partial charge in [0, 0.05) is 24.6 Å². The summed E-state index contributed by atoms with van der Waals surface area (Å²) in [4.78, 5) is 27.5. The minimum atomic E-state index is -0.544. The average molecular weight is 483 g/mol. The average Bonchev–Trinajstić information content (AvgIpc) is 3.33. The second-order valence-electron chi connectivity index (χ2n) is 8.21. The maximum atomic E-state index is 14.3. The fourth-order valence-corrected chi connectivity index (χ4v) is 4.93. The predicted octanol–water partition coefficient (Wildman–Crippen LogP) is 5.16. The topological polar surface area (TPSA) is 84.4 Å². The van der Waals surface area contributed by atoms with E-state index in [2.05, 4.69) is 15.5 Å². The summed E-state index contributed by atoms with van der Waals surface area (Å²) in [6.45, 7) is 0.216. The first-order valence-electron chi connectivity index (χ1n) is 11.4. The number of methoxy groups -OCH3 is 1. The number of aromatic nitrogens is 2. The van der Waals surface area contributed by atoms with Gasteiger partial charge >= 0.3 is 0 Å². The molecule has 1 N–H and O–H groups in total. The van der Waals surface area contributed by atoms with Gasteiger partial charge in [-0.3, -0.25) is 9.59 Å². The summed E-state index contributed by atoms with van der Waals surface area (Å²) < 4.78 is 19.5. The third-order valence-corrected chi connectivity index (χ3v) is 6.86. The van der Waals surface area contributed by atoms with E-state index in [1.807, 2.05) is 24.3 Å². The third kappa shape index (κ3) is 5.77. The Balaban J connectivity index is 1.40. The van der Waals surface area contributed by atoms with Crippen LogP contribution in [0.5, 0.6) is 5.75 Å². The van der Waals surface area contributed by atoms with Crippen LogP contribution in [0, 0.1) is 5.82 Å². The molecule has 0 spiro atoms. The van der Waals surface area contributed by atoms with Crippen molar-refractivity contribution >= 4 is 28.3 Å². The molecule has 1 aliphatic rings. The molecule has 1 aromatic heterocycles. The van der Waals surface area contributed by atoms with Crippen LogP contribution in [-0.4, -0.2) is 46.6 Å². The molecular weight excluding hydrogens is 455 g/mol. The molecule has 2 aromatic carbocycles. The highest BCUT2D eigenvalue weighted by atomic mass is 32.1. The van der Waals surface area contributed by atoms with E-state index in [0.717, 1.165) is 43.4 Å². The molecule has 34 heavy (non-hydrogen) atoms. The van der Waals surface area contributed by atoms with E-state index in [-0.39, 0.29) is 36.4 Å². The van der Waals surface area contributed by atoms with Crippen molar-refractivity contribution in [2.24, 2.45) is 0 Å². The zero-order valence-electron chi connectivity index (χ0n) is 19.0. The third-order valence-electron chi connectivity index (χ3n) is 5.97. The van der Waals surface area contributed by atoms with Crippen molar-refractivity contribution in [1.82, 2.24) is 15.1 Å². The van der Waals surface area contributed by atoms with Gasteiger partial charge < -0.3 is 15.0 Å². The number of rotatable bonds is 8. The monoisotopic (exact) mass is 482 g/mol. The van der Waals surface area contributed by atoms with Gasteiger partial charge in [-0.2, -0.15) is 0 Å². The zero-order chi connectivity index (χ0) is 23.9. The zero-order valence-corrected chi connectivity index (χ0v) is 19.8. The van der Waals surface area contributed by atoms with E-state index in [9.17, 15) is 14.0 Å². The van der Waals surface area contributed by atoms with Gasteiger partial charge in [-0.15, -0.1) is 10.2 Å². The normalized spacial score (nSPS) is 13.9. The van der Waals surface area contributed by atoms with Crippen LogP contribution < -0.4 is 10.1 Å². The van der Waals surface area contributed by atoms with Crippen molar-refractivity contribution in [2.45, 2.75) is 44.6 Å². The van der Waals surface area contributed by atoms with Crippen molar-refractivity contribution in [3.05, 3.63) is 59.9 Å². The number of hydrogen-bond acceptors (Lipinski definition) is 6. The maximum Gasteiger partial charge on any atom is 0.257 e. The smallest absolute Gasteiger partial charge is 0.257 e. The van der Waals surface area contributed by atoms with Crippen LogP contribution in [0.1, 0.15) is 48.9 Å². The molecule has 1 heterocycles. The minimum Gasteiger partial charge on any atom is -0.497 e. The second-order valence-corrected chi connectivity index (χ2v) is 9.19. The minimum absolute atomic E-state index is 0.0110. The molecule has 2 amide bonds. The molecule has 0 radical (unpaired) electrons. The molecule has 3 aromatic rings. The number of ether oxygens (including phenoxy) is 1. The van der Waals surface area contributed by atoms with Crippen LogP contribution in [0.15, 0.2) is 48.5 Å². The van der Waals surface area contributed by atoms with E-state index in [1.54, 1.807) is 24.1 Å². The van der Waals surface area contributed by atoms with Crippen LogP contribution >= 0.6 is 11.3 Å². The van der Waals surface area contributed by atoms with Gasteiger partial charge in [0.15, 0.2) is 0 Å². The van der Waals surface area contributed by atoms with Gasteiger partial charge in [-0.05, 0) is 49.2 Å². The van der Waals surface area contributed by atoms with E-state index in [0.29, 0.717) is 10.1 Å². The SMILES string of the molecule is COc1ccc(-c2nnc(NC(=O)CCN(C(=O)c3ccccc3F)C3CCCCC3)s2)cc1. The molecule has 0 saturated heterocycles. The lowest BCUT2D eigenvalue weighted by Crippen LogP contribution is -2.43. The molecule has 1 fully saturated rings. The first kappa shape index (κ1) is 23.8. The summed E-state index contributed by atoms with van der Waals surface area (Å²) >= 11 is 1.27. The van der Waals surface area contributed by atoms with Gasteiger partial charge in [0.2, 0.25) is 11.0 Å². The van der Waals surface area contributed by atoms with E-state index < -0.39 is 5.82 Å². The summed E-state index contributed by atoms with van der Waals surface area (Å²) in [6.07, 6.45) is 5.00. The fourth-order valence-electron chi connectivity index (χ4n) is 4.16. The summed E-state index contributed by atoms with van der Waals surface area (Å²) in [6, 6.07) is 13.4. The lowest BCUT2D eigenvalue weighted by Gasteiger charge is -2.34. The number of nitrogens with zero attached hydrogens (tertiary/aromatic N) is 3. The van der Waals surface area contributed by atoms with Gasteiger partial charge in [-0.1, -0.05) is 42.7 Å². The number of amides is 2. The number of hydrogen-bond donors (Lipinski definition) is 1. The number of carbonyl (C=O) groups excluding carboxylic acids is 2. The Morgan fingerprint density at radius 1 is 1.09 bits per heavy atom. The molecular formula is C25H27FN4O3S. The quantitative estimate of drug-likeness (QED) is 0.480. The standard InChI is InChI=1S/C25H27FN4O3S/c1-33-19-13-11-17(12-14-19)23-28-29-25(34-23)27-22(31)15-16-30(18-7-3-2-4-8-18)24(32)20-9-5-6-10-21(20)26/h5-6,9-14,18H,2-4,7-8,15-16H2,1H3,(H,27,29,31). The van der Waals surface area contributed by atoms with Gasteiger partial charge in [0.25, 0.3) is 5.91 Å². The molecule has 4 rings (SSSR count). The number of halogens is 1. The van der Waals surface area contributed by atoms with Crippen LogP contribution in [0.2, 0.25) is 0 Å². The lowest BCUT2D eigenvalue weighted by atomic mass is 9.93. The van der Waals surface area contributed by atoms with Crippen LogP contribution in [0.3, 0.4) is 0 Å². The number of carbonyl (C=O) groups is 2. The maximum absolute atomic E-state index is 14.3. The number of anilines is 1. The highest BCUT2D eigenvalue weighted by Gasteiger charge is 2.28. The fraction of sp³-hybridized carbons (Fsp3) is 0.360. The summed E-state index contributed by atoms with van der Waals surface area (Å²) in [5, 5.41) is 12.0. The van der Waals surface area contributed by atoms with Crippen molar-refractivity contribution in [2.75, 3.05) is 19.0 Å². The van der Waals surface area contributed by atoms with Crippen LogP contribution in [0.25, 0.3) is 10.6 Å². The van der Waals surface area contributed by atoms with E-state index in [4.69, 9.17) is 4.74 Å². The van der Waals surface area contributed by atoms with Gasteiger partial charge in [-0.25, -0.2) is 4.39 Å². The van der Waals surface area contributed by atoms with Gasteiger partial charge in [0.1, 0.15) is 16.6 Å². The Bertz CT molecular complexity index is 1130. The molecule has 1 saturated carbocycles.